The molecule has 27 heavy (non-hydrogen) atoms. The number of aromatic amines is 1. The van der Waals surface area contributed by atoms with Crippen molar-refractivity contribution < 1.29 is 9.18 Å². The average Bonchev–Trinajstić information content (AvgIpc) is 2.83. The molecule has 4 rings (SSSR count). The van der Waals surface area contributed by atoms with Crippen molar-refractivity contribution in [1.82, 2.24) is 20.2 Å². The fourth-order valence-electron chi connectivity index (χ4n) is 4.71. The number of nitrogens with one attached hydrogen (secondary N) is 2. The highest BCUT2D eigenvalue weighted by atomic mass is 35.5. The molecule has 7 heteroatoms. The standard InChI is InChI=1S/C20H26ClFN4O/c1-19(2,3)25-17(27)9-26-10-20(11-26)7-12(8-20)4-16-23-15-6-13(22)5-14(21)18(15)24-16/h5-6,12H,4,7-11H2,1-3H3,(H,23,24)(H,25,27). The largest absolute Gasteiger partial charge is 0.350 e. The molecule has 1 amide bonds. The molecule has 1 aliphatic heterocycles. The first kappa shape index (κ1) is 18.7. The second kappa shape index (κ2) is 6.45. The van der Waals surface area contributed by atoms with Crippen LogP contribution >= 0.6 is 11.6 Å². The molecule has 1 aliphatic carbocycles. The van der Waals surface area contributed by atoms with Crippen LogP contribution in [0.1, 0.15) is 39.4 Å². The van der Waals surface area contributed by atoms with E-state index >= 15 is 0 Å². The number of H-pyrrole nitrogens is 1. The number of benzene rings is 1. The summed E-state index contributed by atoms with van der Waals surface area (Å²) in [6.45, 7) is 8.48. The van der Waals surface area contributed by atoms with Crippen molar-refractivity contribution in [3.05, 3.63) is 28.8 Å². The van der Waals surface area contributed by atoms with Gasteiger partial charge in [0.2, 0.25) is 5.91 Å². The Morgan fingerprint density at radius 3 is 2.78 bits per heavy atom. The molecule has 146 valence electrons. The lowest BCUT2D eigenvalue weighted by Crippen LogP contribution is -2.64. The summed E-state index contributed by atoms with van der Waals surface area (Å²) >= 11 is 6.07. The third-order valence-electron chi connectivity index (χ3n) is 5.48. The van der Waals surface area contributed by atoms with Crippen LogP contribution in [0.3, 0.4) is 0 Å². The lowest BCUT2D eigenvalue weighted by molar-refractivity contribution is -0.133. The summed E-state index contributed by atoms with van der Waals surface area (Å²) in [5, 5.41) is 3.36. The number of nitrogens with zero attached hydrogens (tertiary/aromatic N) is 2. The van der Waals surface area contributed by atoms with Gasteiger partial charge in [-0.15, -0.1) is 0 Å². The third-order valence-corrected chi connectivity index (χ3v) is 5.77. The molecule has 1 saturated heterocycles. The molecule has 1 spiro atoms. The van der Waals surface area contributed by atoms with Crippen molar-refractivity contribution in [2.24, 2.45) is 11.3 Å². The smallest absolute Gasteiger partial charge is 0.234 e. The van der Waals surface area contributed by atoms with E-state index in [-0.39, 0.29) is 17.3 Å². The van der Waals surface area contributed by atoms with Gasteiger partial charge in [-0.25, -0.2) is 9.37 Å². The fourth-order valence-corrected chi connectivity index (χ4v) is 4.95. The lowest BCUT2D eigenvalue weighted by atomic mass is 9.57. The van der Waals surface area contributed by atoms with Crippen molar-refractivity contribution in [3.63, 3.8) is 0 Å². The first-order valence-electron chi connectivity index (χ1n) is 9.48. The Morgan fingerprint density at radius 2 is 2.11 bits per heavy atom. The summed E-state index contributed by atoms with van der Waals surface area (Å²) in [5.41, 5.74) is 1.49. The van der Waals surface area contributed by atoms with Crippen molar-refractivity contribution in [2.45, 2.75) is 45.6 Å². The number of carbonyl (C=O) groups is 1. The van der Waals surface area contributed by atoms with Crippen LogP contribution in [-0.4, -0.2) is 45.9 Å². The van der Waals surface area contributed by atoms with Gasteiger partial charge in [0.25, 0.3) is 0 Å². The van der Waals surface area contributed by atoms with Gasteiger partial charge in [-0.2, -0.15) is 0 Å². The molecular formula is C20H26ClFN4O. The number of imidazole rings is 1. The lowest BCUT2D eigenvalue weighted by Gasteiger charge is -2.59. The SMILES string of the molecule is CC(C)(C)NC(=O)CN1CC2(CC(Cc3nc4c(Cl)cc(F)cc4[nH]3)C2)C1. The maximum absolute atomic E-state index is 13.5. The molecule has 0 bridgehead atoms. The van der Waals surface area contributed by atoms with Gasteiger partial charge in [0.15, 0.2) is 0 Å². The van der Waals surface area contributed by atoms with Crippen LogP contribution in [0.25, 0.3) is 11.0 Å². The monoisotopic (exact) mass is 392 g/mol. The molecule has 1 saturated carbocycles. The molecule has 2 heterocycles. The minimum Gasteiger partial charge on any atom is -0.350 e. The Kier molecular flexibility index (Phi) is 4.47. The first-order valence-corrected chi connectivity index (χ1v) is 9.86. The number of hydrogen-bond donors (Lipinski definition) is 2. The number of hydrogen-bond acceptors (Lipinski definition) is 3. The predicted octanol–water partition coefficient (Wildman–Crippen LogP) is 3.52. The Morgan fingerprint density at radius 1 is 1.41 bits per heavy atom. The summed E-state index contributed by atoms with van der Waals surface area (Å²) in [7, 11) is 0. The molecule has 2 aromatic rings. The van der Waals surface area contributed by atoms with Gasteiger partial charge in [0.05, 0.1) is 17.1 Å². The van der Waals surface area contributed by atoms with Gasteiger partial charge in [-0.3, -0.25) is 9.69 Å². The fraction of sp³-hybridized carbons (Fsp3) is 0.600. The average molecular weight is 393 g/mol. The van der Waals surface area contributed by atoms with Crippen LogP contribution in [0.4, 0.5) is 4.39 Å². The maximum Gasteiger partial charge on any atom is 0.234 e. The van der Waals surface area contributed by atoms with Gasteiger partial charge < -0.3 is 10.3 Å². The summed E-state index contributed by atoms with van der Waals surface area (Å²) in [4.78, 5) is 22.0. The van der Waals surface area contributed by atoms with E-state index in [0.717, 1.165) is 38.2 Å². The second-order valence-corrected chi connectivity index (χ2v) is 9.80. The van der Waals surface area contributed by atoms with Crippen molar-refractivity contribution in [1.29, 1.82) is 0 Å². The summed E-state index contributed by atoms with van der Waals surface area (Å²) in [5.74, 6) is 1.20. The van der Waals surface area contributed by atoms with Gasteiger partial charge in [-0.05, 0) is 57.1 Å². The number of halogens is 2. The van der Waals surface area contributed by atoms with Crippen LogP contribution in [0.15, 0.2) is 12.1 Å². The highest BCUT2D eigenvalue weighted by Crippen LogP contribution is 2.52. The second-order valence-electron chi connectivity index (χ2n) is 9.39. The molecule has 2 N–H and O–H groups in total. The molecule has 1 aromatic carbocycles. The molecule has 0 unspecified atom stereocenters. The van der Waals surface area contributed by atoms with Gasteiger partial charge in [-0.1, -0.05) is 11.6 Å². The number of aromatic nitrogens is 2. The molecular weight excluding hydrogens is 367 g/mol. The molecule has 0 radical (unpaired) electrons. The third kappa shape index (κ3) is 3.97. The topological polar surface area (TPSA) is 61.0 Å². The van der Waals surface area contributed by atoms with E-state index in [2.05, 4.69) is 20.2 Å². The van der Waals surface area contributed by atoms with Crippen LogP contribution in [-0.2, 0) is 11.2 Å². The van der Waals surface area contributed by atoms with E-state index in [1.54, 1.807) is 0 Å². The number of fused-ring (bicyclic) bond motifs is 1. The highest BCUT2D eigenvalue weighted by molar-refractivity contribution is 6.34. The molecule has 1 aromatic heterocycles. The quantitative estimate of drug-likeness (QED) is 0.836. The predicted molar refractivity (Wildman–Crippen MR) is 104 cm³/mol. The van der Waals surface area contributed by atoms with Crippen LogP contribution in [0, 0.1) is 17.2 Å². The van der Waals surface area contributed by atoms with E-state index in [9.17, 15) is 9.18 Å². The Balaban J connectivity index is 1.26. The van der Waals surface area contributed by atoms with Crippen molar-refractivity contribution in [3.8, 4) is 0 Å². The van der Waals surface area contributed by atoms with Gasteiger partial charge in [0.1, 0.15) is 17.2 Å². The molecule has 5 nitrogen and oxygen atoms in total. The van der Waals surface area contributed by atoms with E-state index in [4.69, 9.17) is 11.6 Å². The zero-order chi connectivity index (χ0) is 19.4. The molecule has 2 fully saturated rings. The first-order chi connectivity index (χ1) is 12.6. The van der Waals surface area contributed by atoms with Crippen LogP contribution in [0.2, 0.25) is 5.02 Å². The van der Waals surface area contributed by atoms with E-state index in [0.29, 0.717) is 33.9 Å². The molecule has 2 aliphatic rings. The normalized spacial score (nSPS) is 19.9. The zero-order valence-electron chi connectivity index (χ0n) is 16.0. The van der Waals surface area contributed by atoms with Gasteiger partial charge in [0, 0.05) is 25.0 Å². The number of amides is 1. The summed E-state index contributed by atoms with van der Waals surface area (Å²) < 4.78 is 13.5. The maximum atomic E-state index is 13.5. The minimum absolute atomic E-state index is 0.0969. The van der Waals surface area contributed by atoms with Crippen molar-refractivity contribution in [2.75, 3.05) is 19.6 Å². The number of likely N-dealkylation sites (tertiary alicyclic amines) is 1. The highest BCUT2D eigenvalue weighted by Gasteiger charge is 2.52. The van der Waals surface area contributed by atoms with E-state index in [1.807, 2.05) is 20.8 Å². The van der Waals surface area contributed by atoms with E-state index in [1.165, 1.54) is 12.1 Å². The zero-order valence-corrected chi connectivity index (χ0v) is 16.8. The Hall–Kier alpha value is -1.66. The Labute approximate surface area is 163 Å². The summed E-state index contributed by atoms with van der Waals surface area (Å²) in [6, 6.07) is 2.73. The number of rotatable bonds is 4. The van der Waals surface area contributed by atoms with Crippen LogP contribution < -0.4 is 5.32 Å². The van der Waals surface area contributed by atoms with E-state index < -0.39 is 0 Å². The molecule has 0 atom stereocenters. The minimum atomic E-state index is -0.352. The number of carbonyl (C=O) groups excluding carboxylic acids is 1. The summed E-state index contributed by atoms with van der Waals surface area (Å²) in [6.07, 6.45) is 3.17. The Bertz CT molecular complexity index is 874. The van der Waals surface area contributed by atoms with Crippen LogP contribution in [0.5, 0.6) is 0 Å². The van der Waals surface area contributed by atoms with Gasteiger partial charge >= 0.3 is 0 Å². The van der Waals surface area contributed by atoms with Crippen molar-refractivity contribution >= 4 is 28.5 Å².